The molecule has 6 nitrogen and oxygen atoms in total. The molecular formula is C15H23N5O. The van der Waals surface area contributed by atoms with Crippen LogP contribution in [0.15, 0.2) is 12.1 Å². The smallest absolute Gasteiger partial charge is 0.271 e. The van der Waals surface area contributed by atoms with Crippen LogP contribution in [0.1, 0.15) is 36.2 Å². The molecule has 1 amide bonds. The number of hydrogen-bond donors (Lipinski definition) is 2. The molecule has 1 saturated carbocycles. The highest BCUT2D eigenvalue weighted by Crippen LogP contribution is 2.28. The summed E-state index contributed by atoms with van der Waals surface area (Å²) in [6.45, 7) is 4.53. The second kappa shape index (κ2) is 6.85. The van der Waals surface area contributed by atoms with Gasteiger partial charge in [0.05, 0.1) is 0 Å². The fraction of sp³-hybridized carbons (Fsp3) is 0.667. The number of amides is 1. The summed E-state index contributed by atoms with van der Waals surface area (Å²) in [6, 6.07) is 3.65. The van der Waals surface area contributed by atoms with Crippen LogP contribution in [0.3, 0.4) is 0 Å². The Morgan fingerprint density at radius 3 is 2.71 bits per heavy atom. The molecular weight excluding hydrogens is 266 g/mol. The van der Waals surface area contributed by atoms with Gasteiger partial charge in [-0.15, -0.1) is 10.2 Å². The lowest BCUT2D eigenvalue weighted by molar-refractivity contribution is 0.0943. The lowest BCUT2D eigenvalue weighted by atomic mass is 9.83. The molecule has 1 aromatic heterocycles. The number of carbonyl (C=O) groups is 1. The molecule has 1 aliphatic heterocycles. The third-order valence-corrected chi connectivity index (χ3v) is 4.39. The molecule has 1 saturated heterocycles. The van der Waals surface area contributed by atoms with Crippen LogP contribution in [0.4, 0.5) is 5.82 Å². The van der Waals surface area contributed by atoms with Gasteiger partial charge in [-0.05, 0) is 24.5 Å². The lowest BCUT2D eigenvalue weighted by Gasteiger charge is -2.27. The summed E-state index contributed by atoms with van der Waals surface area (Å²) in [5, 5.41) is 14.5. The Balaban J connectivity index is 1.49. The first-order valence-corrected chi connectivity index (χ1v) is 7.90. The number of nitrogens with zero attached hydrogens (tertiary/aromatic N) is 3. The molecule has 6 heteroatoms. The molecule has 0 unspecified atom stereocenters. The van der Waals surface area contributed by atoms with E-state index in [1.807, 2.05) is 6.07 Å². The Hall–Kier alpha value is -1.69. The number of aromatic nitrogens is 2. The maximum atomic E-state index is 12.0. The van der Waals surface area contributed by atoms with E-state index in [1.54, 1.807) is 6.07 Å². The molecule has 0 atom stereocenters. The normalized spacial score (nSPS) is 19.1. The third kappa shape index (κ3) is 3.69. The SMILES string of the molecule is O=C(NCCC1CCC1)c1ccc(N2CCNCC2)nn1. The van der Waals surface area contributed by atoms with Crippen molar-refractivity contribution in [3.05, 3.63) is 17.8 Å². The van der Waals surface area contributed by atoms with E-state index >= 15 is 0 Å². The minimum Gasteiger partial charge on any atom is -0.353 e. The number of rotatable bonds is 5. The van der Waals surface area contributed by atoms with Crippen molar-refractivity contribution in [2.45, 2.75) is 25.7 Å². The van der Waals surface area contributed by atoms with Crippen LogP contribution in [-0.4, -0.2) is 48.8 Å². The number of hydrogen-bond acceptors (Lipinski definition) is 5. The van der Waals surface area contributed by atoms with E-state index in [9.17, 15) is 4.79 Å². The van der Waals surface area contributed by atoms with Gasteiger partial charge in [-0.2, -0.15) is 0 Å². The van der Waals surface area contributed by atoms with Gasteiger partial charge in [-0.3, -0.25) is 4.79 Å². The van der Waals surface area contributed by atoms with Crippen LogP contribution in [0.25, 0.3) is 0 Å². The molecule has 2 heterocycles. The Bertz CT molecular complexity index is 465. The molecule has 0 bridgehead atoms. The average molecular weight is 289 g/mol. The first-order chi connectivity index (χ1) is 10.3. The summed E-state index contributed by atoms with van der Waals surface area (Å²) in [5.41, 5.74) is 0.405. The minimum atomic E-state index is -0.117. The van der Waals surface area contributed by atoms with E-state index in [4.69, 9.17) is 0 Å². The monoisotopic (exact) mass is 289 g/mol. The fourth-order valence-corrected chi connectivity index (χ4v) is 2.77. The van der Waals surface area contributed by atoms with Crippen molar-refractivity contribution in [1.82, 2.24) is 20.8 Å². The molecule has 114 valence electrons. The van der Waals surface area contributed by atoms with E-state index in [2.05, 4.69) is 25.7 Å². The minimum absolute atomic E-state index is 0.117. The summed E-state index contributed by atoms with van der Waals surface area (Å²) < 4.78 is 0. The molecule has 0 spiro atoms. The van der Waals surface area contributed by atoms with Gasteiger partial charge in [-0.1, -0.05) is 19.3 Å². The molecule has 2 aliphatic rings. The Kier molecular flexibility index (Phi) is 4.65. The molecule has 1 aromatic rings. The van der Waals surface area contributed by atoms with Gasteiger partial charge in [0.15, 0.2) is 11.5 Å². The van der Waals surface area contributed by atoms with E-state index in [0.717, 1.165) is 50.9 Å². The molecule has 21 heavy (non-hydrogen) atoms. The second-order valence-electron chi connectivity index (χ2n) is 5.86. The van der Waals surface area contributed by atoms with Crippen molar-refractivity contribution < 1.29 is 4.79 Å². The van der Waals surface area contributed by atoms with Crippen molar-refractivity contribution in [2.75, 3.05) is 37.6 Å². The van der Waals surface area contributed by atoms with Crippen LogP contribution in [0.5, 0.6) is 0 Å². The molecule has 1 aliphatic carbocycles. The van der Waals surface area contributed by atoms with Gasteiger partial charge in [0.2, 0.25) is 0 Å². The van der Waals surface area contributed by atoms with E-state index in [-0.39, 0.29) is 5.91 Å². The van der Waals surface area contributed by atoms with Crippen molar-refractivity contribution >= 4 is 11.7 Å². The molecule has 3 rings (SSSR count). The molecule has 2 N–H and O–H groups in total. The summed E-state index contributed by atoms with van der Waals surface area (Å²) in [5.74, 6) is 1.54. The fourth-order valence-electron chi connectivity index (χ4n) is 2.77. The predicted octanol–water partition coefficient (Wildman–Crippen LogP) is 0.806. The molecule has 0 aromatic carbocycles. The Labute approximate surface area is 125 Å². The highest BCUT2D eigenvalue weighted by molar-refractivity contribution is 5.92. The maximum Gasteiger partial charge on any atom is 0.271 e. The van der Waals surface area contributed by atoms with E-state index in [1.165, 1.54) is 19.3 Å². The van der Waals surface area contributed by atoms with Gasteiger partial charge in [0.1, 0.15) is 0 Å². The van der Waals surface area contributed by atoms with Gasteiger partial charge in [-0.25, -0.2) is 0 Å². The number of carbonyl (C=O) groups excluding carboxylic acids is 1. The van der Waals surface area contributed by atoms with E-state index < -0.39 is 0 Å². The van der Waals surface area contributed by atoms with Crippen molar-refractivity contribution in [3.8, 4) is 0 Å². The van der Waals surface area contributed by atoms with Crippen molar-refractivity contribution in [1.29, 1.82) is 0 Å². The van der Waals surface area contributed by atoms with E-state index in [0.29, 0.717) is 5.69 Å². The molecule has 0 radical (unpaired) electrons. The van der Waals surface area contributed by atoms with Crippen LogP contribution in [0.2, 0.25) is 0 Å². The molecule has 2 fully saturated rings. The summed E-state index contributed by atoms with van der Waals surface area (Å²) in [7, 11) is 0. The summed E-state index contributed by atoms with van der Waals surface area (Å²) in [4.78, 5) is 14.2. The summed E-state index contributed by atoms with van der Waals surface area (Å²) >= 11 is 0. The van der Waals surface area contributed by atoms with Crippen LogP contribution >= 0.6 is 0 Å². The Morgan fingerprint density at radius 2 is 2.10 bits per heavy atom. The zero-order valence-corrected chi connectivity index (χ0v) is 12.3. The third-order valence-electron chi connectivity index (χ3n) is 4.39. The number of piperazine rings is 1. The van der Waals surface area contributed by atoms with Crippen LogP contribution in [-0.2, 0) is 0 Å². The first kappa shape index (κ1) is 14.3. The quantitative estimate of drug-likeness (QED) is 0.839. The second-order valence-corrected chi connectivity index (χ2v) is 5.86. The predicted molar refractivity (Wildman–Crippen MR) is 81.4 cm³/mol. The summed E-state index contributed by atoms with van der Waals surface area (Å²) in [6.07, 6.45) is 5.06. The lowest BCUT2D eigenvalue weighted by Crippen LogP contribution is -2.44. The highest BCUT2D eigenvalue weighted by atomic mass is 16.1. The van der Waals surface area contributed by atoms with Gasteiger partial charge in [0, 0.05) is 32.7 Å². The Morgan fingerprint density at radius 1 is 1.29 bits per heavy atom. The van der Waals surface area contributed by atoms with Crippen molar-refractivity contribution in [3.63, 3.8) is 0 Å². The zero-order valence-electron chi connectivity index (χ0n) is 12.3. The number of nitrogens with one attached hydrogen (secondary N) is 2. The first-order valence-electron chi connectivity index (χ1n) is 7.90. The number of anilines is 1. The highest BCUT2D eigenvalue weighted by Gasteiger charge is 2.18. The largest absolute Gasteiger partial charge is 0.353 e. The van der Waals surface area contributed by atoms with Gasteiger partial charge < -0.3 is 15.5 Å². The zero-order chi connectivity index (χ0) is 14.5. The van der Waals surface area contributed by atoms with Crippen LogP contribution < -0.4 is 15.5 Å². The topological polar surface area (TPSA) is 70.2 Å². The standard InChI is InChI=1S/C15H23N5O/c21-15(17-7-6-12-2-1-3-12)13-4-5-14(19-18-13)20-10-8-16-9-11-20/h4-5,12,16H,1-3,6-11H2,(H,17,21). The average Bonchev–Trinajstić information content (AvgIpc) is 2.50. The van der Waals surface area contributed by atoms with Gasteiger partial charge >= 0.3 is 0 Å². The van der Waals surface area contributed by atoms with Gasteiger partial charge in [0.25, 0.3) is 5.91 Å². The van der Waals surface area contributed by atoms with Crippen molar-refractivity contribution in [2.24, 2.45) is 5.92 Å². The maximum absolute atomic E-state index is 12.0. The van der Waals surface area contributed by atoms with Crippen LogP contribution in [0, 0.1) is 5.92 Å².